The molecule has 2 rings (SSSR count). The summed E-state index contributed by atoms with van der Waals surface area (Å²) in [7, 11) is 0. The van der Waals surface area contributed by atoms with Gasteiger partial charge in [-0.15, -0.1) is 11.8 Å². The molecule has 1 N–H and O–H groups in total. The van der Waals surface area contributed by atoms with Crippen LogP contribution in [0.4, 0.5) is 4.39 Å². The van der Waals surface area contributed by atoms with Gasteiger partial charge in [-0.1, -0.05) is 26.0 Å². The molecule has 0 aliphatic carbocycles. The van der Waals surface area contributed by atoms with Gasteiger partial charge in [0.15, 0.2) is 0 Å². The lowest BCUT2D eigenvalue weighted by atomic mass is 10.1. The normalized spacial score (nSPS) is 11.1. The zero-order chi connectivity index (χ0) is 14.7. The third-order valence-electron chi connectivity index (χ3n) is 2.69. The van der Waals surface area contributed by atoms with Gasteiger partial charge in [-0.2, -0.15) is 0 Å². The first kappa shape index (κ1) is 15.3. The van der Waals surface area contributed by atoms with Crippen LogP contribution in [0, 0.1) is 5.82 Å². The Morgan fingerprint density at radius 1 is 1.40 bits per heavy atom. The minimum Gasteiger partial charge on any atom is -0.309 e. The fourth-order valence-corrected chi connectivity index (χ4v) is 3.14. The highest BCUT2D eigenvalue weighted by Gasteiger charge is 2.12. The van der Waals surface area contributed by atoms with Gasteiger partial charge >= 0.3 is 0 Å². The van der Waals surface area contributed by atoms with Crippen LogP contribution in [0.15, 0.2) is 38.4 Å². The van der Waals surface area contributed by atoms with E-state index in [0.717, 1.165) is 5.69 Å². The van der Waals surface area contributed by atoms with Crippen LogP contribution in [0.5, 0.6) is 0 Å². The third-order valence-corrected chi connectivity index (χ3v) is 4.51. The van der Waals surface area contributed by atoms with Gasteiger partial charge in [0.1, 0.15) is 16.1 Å². The maximum atomic E-state index is 13.5. The topological polar surface area (TPSA) is 45.8 Å². The molecule has 0 amide bonds. The predicted molar refractivity (Wildman–Crippen MR) is 82.6 cm³/mol. The Balaban J connectivity index is 2.23. The number of hydrogen-bond acceptors (Lipinski definition) is 3. The van der Waals surface area contributed by atoms with Gasteiger partial charge < -0.3 is 4.98 Å². The minimum absolute atomic E-state index is 0.142. The molecule has 106 valence electrons. The lowest BCUT2D eigenvalue weighted by molar-refractivity contribution is 0.602. The van der Waals surface area contributed by atoms with E-state index >= 15 is 0 Å². The smallest absolute Gasteiger partial charge is 0.265 e. The summed E-state index contributed by atoms with van der Waals surface area (Å²) in [5.74, 6) is 0.850. The van der Waals surface area contributed by atoms with Crippen molar-refractivity contribution in [2.24, 2.45) is 0 Å². The molecule has 0 atom stereocenters. The maximum absolute atomic E-state index is 13.5. The first-order chi connectivity index (χ1) is 9.49. The fourth-order valence-electron chi connectivity index (χ4n) is 1.68. The first-order valence-electron chi connectivity index (χ1n) is 6.15. The first-order valence-corrected chi connectivity index (χ1v) is 7.92. The maximum Gasteiger partial charge on any atom is 0.265 e. The van der Waals surface area contributed by atoms with Crippen molar-refractivity contribution >= 4 is 27.7 Å². The number of rotatable bonds is 4. The van der Waals surface area contributed by atoms with E-state index in [1.807, 2.05) is 13.8 Å². The Morgan fingerprint density at radius 3 is 2.75 bits per heavy atom. The number of nitrogens with zero attached hydrogens (tertiary/aromatic N) is 1. The summed E-state index contributed by atoms with van der Waals surface area (Å²) in [5.41, 5.74) is 0.519. The molecule has 0 aliphatic rings. The summed E-state index contributed by atoms with van der Waals surface area (Å²) in [6, 6.07) is 6.55. The molecular formula is C14H14BrFN2OS. The van der Waals surface area contributed by atoms with E-state index < -0.39 is 0 Å². The van der Waals surface area contributed by atoms with E-state index in [-0.39, 0.29) is 17.3 Å². The average Bonchev–Trinajstić information content (AvgIpc) is 2.41. The van der Waals surface area contributed by atoms with Crippen molar-refractivity contribution in [1.82, 2.24) is 9.97 Å². The number of halogens is 2. The molecule has 0 saturated heterocycles. The minimum atomic E-state index is -0.263. The van der Waals surface area contributed by atoms with Gasteiger partial charge in [0, 0.05) is 4.90 Å². The molecule has 2 aromatic rings. The van der Waals surface area contributed by atoms with Crippen molar-refractivity contribution in [2.45, 2.75) is 30.4 Å². The second-order valence-corrected chi connectivity index (χ2v) is 6.40. The monoisotopic (exact) mass is 356 g/mol. The molecule has 6 heteroatoms. The molecule has 1 aromatic carbocycles. The number of aromatic nitrogens is 2. The zero-order valence-corrected chi connectivity index (χ0v) is 13.5. The standard InChI is InChI=1S/C14H14BrFN2OS/c1-8(2)13-12(15)14(19)18-11(17-13)7-20-10-6-4-3-5-9(10)16/h3-6,8H,7H2,1-2H3,(H,17,18,19). The second kappa shape index (κ2) is 6.54. The van der Waals surface area contributed by atoms with E-state index in [1.54, 1.807) is 18.2 Å². The molecule has 0 fully saturated rings. The zero-order valence-electron chi connectivity index (χ0n) is 11.1. The SMILES string of the molecule is CC(C)c1nc(CSc2ccccc2F)[nH]c(=O)c1Br. The summed E-state index contributed by atoms with van der Waals surface area (Å²) in [6.07, 6.45) is 0. The van der Waals surface area contributed by atoms with Gasteiger partial charge in [-0.05, 0) is 34.0 Å². The van der Waals surface area contributed by atoms with Crippen molar-refractivity contribution in [2.75, 3.05) is 0 Å². The van der Waals surface area contributed by atoms with Crippen molar-refractivity contribution in [3.05, 3.63) is 56.4 Å². The molecule has 20 heavy (non-hydrogen) atoms. The molecule has 0 unspecified atom stereocenters. The highest BCUT2D eigenvalue weighted by atomic mass is 79.9. The van der Waals surface area contributed by atoms with Gasteiger partial charge in [0.25, 0.3) is 5.56 Å². The molecule has 1 heterocycles. The van der Waals surface area contributed by atoms with Crippen LogP contribution in [0.2, 0.25) is 0 Å². The number of nitrogens with one attached hydrogen (secondary N) is 1. The van der Waals surface area contributed by atoms with Gasteiger partial charge in [0.2, 0.25) is 0 Å². The second-order valence-electron chi connectivity index (χ2n) is 4.59. The number of aromatic amines is 1. The third kappa shape index (κ3) is 3.49. The van der Waals surface area contributed by atoms with E-state index in [2.05, 4.69) is 25.9 Å². The predicted octanol–water partition coefficient (Wildman–Crippen LogP) is 4.09. The van der Waals surface area contributed by atoms with E-state index in [9.17, 15) is 9.18 Å². The van der Waals surface area contributed by atoms with Crippen molar-refractivity contribution < 1.29 is 4.39 Å². The number of thioether (sulfide) groups is 1. The van der Waals surface area contributed by atoms with Gasteiger partial charge in [-0.25, -0.2) is 9.37 Å². The lowest BCUT2D eigenvalue weighted by Crippen LogP contribution is -2.16. The Morgan fingerprint density at radius 2 is 2.10 bits per heavy atom. The lowest BCUT2D eigenvalue weighted by Gasteiger charge is -2.09. The van der Waals surface area contributed by atoms with Crippen LogP contribution in [0.25, 0.3) is 0 Å². The van der Waals surface area contributed by atoms with E-state index in [4.69, 9.17) is 0 Å². The molecular weight excluding hydrogens is 343 g/mol. The van der Waals surface area contributed by atoms with Crippen LogP contribution in [-0.4, -0.2) is 9.97 Å². The number of benzene rings is 1. The van der Waals surface area contributed by atoms with Crippen LogP contribution in [0.3, 0.4) is 0 Å². The Labute approximate surface area is 129 Å². The molecule has 0 spiro atoms. The van der Waals surface area contributed by atoms with Crippen molar-refractivity contribution in [1.29, 1.82) is 0 Å². The van der Waals surface area contributed by atoms with Crippen molar-refractivity contribution in [3.8, 4) is 0 Å². The average molecular weight is 357 g/mol. The number of hydrogen-bond donors (Lipinski definition) is 1. The van der Waals surface area contributed by atoms with Gasteiger partial charge in [0.05, 0.1) is 11.4 Å². The Bertz CT molecular complexity index is 672. The van der Waals surface area contributed by atoms with E-state index in [1.165, 1.54) is 17.8 Å². The van der Waals surface area contributed by atoms with Crippen LogP contribution in [0.1, 0.15) is 31.3 Å². The molecule has 3 nitrogen and oxygen atoms in total. The van der Waals surface area contributed by atoms with Crippen LogP contribution in [-0.2, 0) is 5.75 Å². The fraction of sp³-hybridized carbons (Fsp3) is 0.286. The van der Waals surface area contributed by atoms with Crippen molar-refractivity contribution in [3.63, 3.8) is 0 Å². The molecule has 0 saturated carbocycles. The highest BCUT2D eigenvalue weighted by molar-refractivity contribution is 9.10. The summed E-state index contributed by atoms with van der Waals surface area (Å²) in [4.78, 5) is 19.5. The Hall–Kier alpha value is -1.14. The van der Waals surface area contributed by atoms with Crippen LogP contribution >= 0.6 is 27.7 Å². The quantitative estimate of drug-likeness (QED) is 0.839. The summed E-state index contributed by atoms with van der Waals surface area (Å²) < 4.78 is 14.0. The van der Waals surface area contributed by atoms with E-state index in [0.29, 0.717) is 20.9 Å². The largest absolute Gasteiger partial charge is 0.309 e. The molecule has 0 radical (unpaired) electrons. The molecule has 0 bridgehead atoms. The summed E-state index contributed by atoms with van der Waals surface area (Å²) >= 11 is 4.56. The Kier molecular flexibility index (Phi) is 4.99. The highest BCUT2D eigenvalue weighted by Crippen LogP contribution is 2.25. The molecule has 1 aromatic heterocycles. The van der Waals surface area contributed by atoms with Gasteiger partial charge in [-0.3, -0.25) is 4.79 Å². The number of H-pyrrole nitrogens is 1. The summed E-state index contributed by atoms with van der Waals surface area (Å²) in [5, 5.41) is 0. The summed E-state index contributed by atoms with van der Waals surface area (Å²) in [6.45, 7) is 3.95. The molecule has 0 aliphatic heterocycles. The van der Waals surface area contributed by atoms with Crippen LogP contribution < -0.4 is 5.56 Å².